The topological polar surface area (TPSA) is 96.5 Å². The number of nitrogens with one attached hydrogen (secondary N) is 1. The van der Waals surface area contributed by atoms with Crippen molar-refractivity contribution in [3.8, 4) is 17.5 Å². The van der Waals surface area contributed by atoms with Crippen LogP contribution in [0.3, 0.4) is 0 Å². The number of thioether (sulfide) groups is 1. The smallest absolute Gasteiger partial charge is 0.234 e. The molecule has 0 aliphatic heterocycles. The van der Waals surface area contributed by atoms with E-state index in [1.807, 2.05) is 29.8 Å². The molecular weight excluding hydrogens is 372 g/mol. The van der Waals surface area contributed by atoms with E-state index in [4.69, 9.17) is 16.9 Å². The third kappa shape index (κ3) is 4.02. The number of carbonyl (C=O) groups is 1. The van der Waals surface area contributed by atoms with Gasteiger partial charge in [0.25, 0.3) is 0 Å². The SMILES string of the molecule is Cn1c(SCC(=O)Nc2cc(Cl)ccc2C#N)nnc1-c1ccncc1. The molecule has 0 unspecified atom stereocenters. The molecule has 26 heavy (non-hydrogen) atoms. The van der Waals surface area contributed by atoms with Crippen LogP contribution in [0.1, 0.15) is 5.56 Å². The number of rotatable bonds is 5. The fraction of sp³-hybridized carbons (Fsp3) is 0.118. The first-order valence-electron chi connectivity index (χ1n) is 7.50. The fourth-order valence-corrected chi connectivity index (χ4v) is 3.11. The van der Waals surface area contributed by atoms with E-state index in [9.17, 15) is 4.79 Å². The lowest BCUT2D eigenvalue weighted by Crippen LogP contribution is -2.15. The first-order chi connectivity index (χ1) is 12.6. The van der Waals surface area contributed by atoms with Gasteiger partial charge in [0.1, 0.15) is 6.07 Å². The number of halogens is 1. The Morgan fingerprint density at radius 2 is 2.08 bits per heavy atom. The van der Waals surface area contributed by atoms with E-state index >= 15 is 0 Å². The monoisotopic (exact) mass is 384 g/mol. The Hall–Kier alpha value is -2.89. The van der Waals surface area contributed by atoms with Gasteiger partial charge in [-0.3, -0.25) is 9.78 Å². The second-order valence-corrected chi connectivity index (χ2v) is 6.62. The van der Waals surface area contributed by atoms with Crippen LogP contribution in [-0.4, -0.2) is 31.4 Å². The third-order valence-corrected chi connectivity index (χ3v) is 4.74. The Morgan fingerprint density at radius 1 is 1.31 bits per heavy atom. The number of nitriles is 1. The quantitative estimate of drug-likeness (QED) is 0.679. The average molecular weight is 385 g/mol. The van der Waals surface area contributed by atoms with Crippen LogP contribution < -0.4 is 5.32 Å². The van der Waals surface area contributed by atoms with Crippen molar-refractivity contribution < 1.29 is 4.79 Å². The highest BCUT2D eigenvalue weighted by Crippen LogP contribution is 2.23. The minimum atomic E-state index is -0.262. The number of pyridine rings is 1. The zero-order valence-electron chi connectivity index (χ0n) is 13.7. The van der Waals surface area contributed by atoms with Gasteiger partial charge in [-0.2, -0.15) is 5.26 Å². The van der Waals surface area contributed by atoms with Gasteiger partial charge >= 0.3 is 0 Å². The normalized spacial score (nSPS) is 10.3. The van der Waals surface area contributed by atoms with E-state index in [2.05, 4.69) is 20.5 Å². The van der Waals surface area contributed by atoms with Crippen LogP contribution in [0.4, 0.5) is 5.69 Å². The Kier molecular flexibility index (Phi) is 5.51. The molecule has 0 radical (unpaired) electrons. The summed E-state index contributed by atoms with van der Waals surface area (Å²) in [5.41, 5.74) is 1.64. The lowest BCUT2D eigenvalue weighted by molar-refractivity contribution is -0.113. The Morgan fingerprint density at radius 3 is 2.81 bits per heavy atom. The Balaban J connectivity index is 1.67. The van der Waals surface area contributed by atoms with Crippen molar-refractivity contribution in [1.29, 1.82) is 5.26 Å². The summed E-state index contributed by atoms with van der Waals surface area (Å²) in [6, 6.07) is 10.4. The predicted octanol–water partition coefficient (Wildman–Crippen LogP) is 3.13. The summed E-state index contributed by atoms with van der Waals surface area (Å²) in [5.74, 6) is 0.554. The molecule has 0 aliphatic carbocycles. The molecule has 9 heteroatoms. The molecule has 0 saturated heterocycles. The van der Waals surface area contributed by atoms with E-state index in [0.29, 0.717) is 27.3 Å². The summed E-state index contributed by atoms with van der Waals surface area (Å²) in [4.78, 5) is 16.2. The summed E-state index contributed by atoms with van der Waals surface area (Å²) in [5, 5.41) is 21.1. The maximum Gasteiger partial charge on any atom is 0.234 e. The molecule has 130 valence electrons. The van der Waals surface area contributed by atoms with Gasteiger partial charge in [-0.25, -0.2) is 0 Å². The molecule has 1 aromatic carbocycles. The molecule has 0 atom stereocenters. The highest BCUT2D eigenvalue weighted by Gasteiger charge is 2.14. The first kappa shape index (κ1) is 17.9. The standard InChI is InChI=1S/C17H13ClN6OS/c1-24-16(11-4-6-20-7-5-11)22-23-17(24)26-10-15(25)21-14-8-13(18)3-2-12(14)9-19/h2-8H,10H2,1H3,(H,21,25). The molecule has 1 N–H and O–H groups in total. The molecule has 0 aliphatic rings. The van der Waals surface area contributed by atoms with E-state index < -0.39 is 0 Å². The molecule has 7 nitrogen and oxygen atoms in total. The summed E-state index contributed by atoms with van der Waals surface area (Å²) in [6.45, 7) is 0. The molecule has 1 amide bonds. The van der Waals surface area contributed by atoms with Gasteiger partial charge in [-0.1, -0.05) is 23.4 Å². The lowest BCUT2D eigenvalue weighted by Gasteiger charge is -2.07. The highest BCUT2D eigenvalue weighted by molar-refractivity contribution is 7.99. The summed E-state index contributed by atoms with van der Waals surface area (Å²) in [6.07, 6.45) is 3.37. The number of benzene rings is 1. The van der Waals surface area contributed by atoms with Crippen LogP contribution in [0, 0.1) is 11.3 Å². The fourth-order valence-electron chi connectivity index (χ4n) is 2.23. The second-order valence-electron chi connectivity index (χ2n) is 5.24. The molecule has 0 fully saturated rings. The van der Waals surface area contributed by atoms with Gasteiger partial charge in [0.2, 0.25) is 5.91 Å². The minimum absolute atomic E-state index is 0.125. The van der Waals surface area contributed by atoms with Gasteiger partial charge in [0.15, 0.2) is 11.0 Å². The Bertz CT molecular complexity index is 983. The van der Waals surface area contributed by atoms with Crippen molar-refractivity contribution in [3.63, 3.8) is 0 Å². The minimum Gasteiger partial charge on any atom is -0.324 e. The predicted molar refractivity (Wildman–Crippen MR) is 99.8 cm³/mol. The Labute approximate surface area is 159 Å². The van der Waals surface area contributed by atoms with E-state index in [0.717, 1.165) is 5.56 Å². The second kappa shape index (κ2) is 7.99. The van der Waals surface area contributed by atoms with Crippen molar-refractivity contribution in [3.05, 3.63) is 53.3 Å². The lowest BCUT2D eigenvalue weighted by atomic mass is 10.2. The zero-order valence-corrected chi connectivity index (χ0v) is 15.3. The molecule has 0 bridgehead atoms. The van der Waals surface area contributed by atoms with Crippen LogP contribution in [0.25, 0.3) is 11.4 Å². The van der Waals surface area contributed by atoms with Gasteiger partial charge in [-0.15, -0.1) is 10.2 Å². The van der Waals surface area contributed by atoms with E-state index in [-0.39, 0.29) is 11.7 Å². The number of anilines is 1. The van der Waals surface area contributed by atoms with Crippen molar-refractivity contribution in [2.75, 3.05) is 11.1 Å². The molecule has 2 heterocycles. The van der Waals surface area contributed by atoms with Gasteiger partial charge in [-0.05, 0) is 30.3 Å². The molecule has 2 aromatic heterocycles. The molecule has 0 spiro atoms. The molecule has 0 saturated carbocycles. The summed E-state index contributed by atoms with van der Waals surface area (Å²) in [7, 11) is 1.83. The van der Waals surface area contributed by atoms with Crippen LogP contribution >= 0.6 is 23.4 Å². The first-order valence-corrected chi connectivity index (χ1v) is 8.87. The third-order valence-electron chi connectivity index (χ3n) is 3.48. The molecular formula is C17H13ClN6OS. The van der Waals surface area contributed by atoms with Gasteiger partial charge < -0.3 is 9.88 Å². The highest BCUT2D eigenvalue weighted by atomic mass is 35.5. The largest absolute Gasteiger partial charge is 0.324 e. The van der Waals surface area contributed by atoms with Crippen LogP contribution in [0.15, 0.2) is 47.9 Å². The maximum absolute atomic E-state index is 12.2. The van der Waals surface area contributed by atoms with Crippen LogP contribution in [0.5, 0.6) is 0 Å². The summed E-state index contributed by atoms with van der Waals surface area (Å²) < 4.78 is 1.81. The van der Waals surface area contributed by atoms with Gasteiger partial charge in [0.05, 0.1) is 17.0 Å². The average Bonchev–Trinajstić information content (AvgIpc) is 3.01. The zero-order chi connectivity index (χ0) is 18.5. The number of nitrogens with zero attached hydrogens (tertiary/aromatic N) is 5. The maximum atomic E-state index is 12.2. The number of hydrogen-bond donors (Lipinski definition) is 1. The number of carbonyl (C=O) groups excluding carboxylic acids is 1. The van der Waals surface area contributed by atoms with E-state index in [1.54, 1.807) is 30.6 Å². The number of aromatic nitrogens is 4. The van der Waals surface area contributed by atoms with Gasteiger partial charge in [0, 0.05) is 30.0 Å². The summed E-state index contributed by atoms with van der Waals surface area (Å²) >= 11 is 7.17. The van der Waals surface area contributed by atoms with E-state index in [1.165, 1.54) is 11.8 Å². The molecule has 3 rings (SSSR count). The molecule has 3 aromatic rings. The number of hydrogen-bond acceptors (Lipinski definition) is 6. The van der Waals surface area contributed by atoms with Crippen molar-refractivity contribution >= 4 is 35.0 Å². The van der Waals surface area contributed by atoms with Crippen molar-refractivity contribution in [1.82, 2.24) is 19.7 Å². The number of amides is 1. The van der Waals surface area contributed by atoms with Crippen LogP contribution in [0.2, 0.25) is 5.02 Å². The van der Waals surface area contributed by atoms with Crippen molar-refractivity contribution in [2.24, 2.45) is 7.05 Å². The van der Waals surface area contributed by atoms with Crippen LogP contribution in [-0.2, 0) is 11.8 Å². The van der Waals surface area contributed by atoms with Crippen molar-refractivity contribution in [2.45, 2.75) is 5.16 Å².